The van der Waals surface area contributed by atoms with Crippen molar-refractivity contribution in [2.24, 2.45) is 5.10 Å². The first-order valence-corrected chi connectivity index (χ1v) is 7.07. The molecule has 3 aromatic rings. The molecule has 0 atom stereocenters. The first-order chi connectivity index (χ1) is 11.7. The molecule has 7 nitrogen and oxygen atoms in total. The highest BCUT2D eigenvalue weighted by Crippen LogP contribution is 2.06. The summed E-state index contributed by atoms with van der Waals surface area (Å²) in [5, 5.41) is 3.72. The third-order valence-electron chi connectivity index (χ3n) is 3.27. The van der Waals surface area contributed by atoms with Gasteiger partial charge in [0, 0.05) is 5.56 Å². The number of H-pyrrole nitrogens is 1. The van der Waals surface area contributed by atoms with Crippen LogP contribution in [0.15, 0.2) is 64.5 Å². The monoisotopic (exact) mass is 320 g/mol. The van der Waals surface area contributed by atoms with Gasteiger partial charge in [-0.15, -0.1) is 0 Å². The summed E-state index contributed by atoms with van der Waals surface area (Å²) in [6.45, 7) is 0. The Morgan fingerprint density at radius 2 is 1.79 bits per heavy atom. The van der Waals surface area contributed by atoms with E-state index in [4.69, 9.17) is 0 Å². The number of hydrazone groups is 1. The lowest BCUT2D eigenvalue weighted by atomic mass is 10.2. The molecule has 3 rings (SSSR count). The molecule has 118 valence electrons. The van der Waals surface area contributed by atoms with E-state index in [1.807, 2.05) is 0 Å². The van der Waals surface area contributed by atoms with Crippen molar-refractivity contribution >= 4 is 28.9 Å². The number of para-hydroxylation sites is 2. The third-order valence-corrected chi connectivity index (χ3v) is 3.27. The number of aldehydes is 1. The Morgan fingerprint density at radius 3 is 2.54 bits per heavy atom. The number of hydrogen-bond acceptors (Lipinski definition) is 5. The standard InChI is InChI=1S/C17H12N4O3/c22-10-14(20-21-16(23)11-6-2-1-3-7-11)15-17(24)19-13-9-5-4-8-12(13)18-15/h1-10H,(H,19,24)(H,21,23)/b20-14+. The zero-order valence-corrected chi connectivity index (χ0v) is 12.4. The number of fused-ring (bicyclic) bond motifs is 1. The van der Waals surface area contributed by atoms with E-state index in [1.54, 1.807) is 54.6 Å². The lowest BCUT2D eigenvalue weighted by Crippen LogP contribution is -2.26. The number of nitrogens with one attached hydrogen (secondary N) is 2. The van der Waals surface area contributed by atoms with Crippen molar-refractivity contribution in [3.8, 4) is 0 Å². The number of benzene rings is 2. The maximum Gasteiger partial charge on any atom is 0.276 e. The molecule has 0 aliphatic carbocycles. The number of carbonyl (C=O) groups excluding carboxylic acids is 2. The Kier molecular flexibility index (Phi) is 4.24. The van der Waals surface area contributed by atoms with Gasteiger partial charge in [0.05, 0.1) is 11.0 Å². The topological polar surface area (TPSA) is 104 Å². The molecule has 24 heavy (non-hydrogen) atoms. The van der Waals surface area contributed by atoms with E-state index in [1.165, 1.54) is 0 Å². The fourth-order valence-corrected chi connectivity index (χ4v) is 2.10. The van der Waals surface area contributed by atoms with E-state index >= 15 is 0 Å². The zero-order chi connectivity index (χ0) is 16.9. The molecule has 1 aromatic heterocycles. The highest BCUT2D eigenvalue weighted by atomic mass is 16.2. The Balaban J connectivity index is 1.94. The van der Waals surface area contributed by atoms with Crippen molar-refractivity contribution in [3.05, 3.63) is 76.2 Å². The maximum atomic E-state index is 12.1. The van der Waals surface area contributed by atoms with Crippen LogP contribution in [0.25, 0.3) is 11.0 Å². The third kappa shape index (κ3) is 3.09. The quantitative estimate of drug-likeness (QED) is 0.429. The molecule has 0 bridgehead atoms. The number of nitrogens with zero attached hydrogens (tertiary/aromatic N) is 2. The van der Waals surface area contributed by atoms with Crippen molar-refractivity contribution in [2.75, 3.05) is 0 Å². The highest BCUT2D eigenvalue weighted by Gasteiger charge is 2.12. The van der Waals surface area contributed by atoms with E-state index in [-0.39, 0.29) is 11.4 Å². The molecule has 0 fully saturated rings. The summed E-state index contributed by atoms with van der Waals surface area (Å²) >= 11 is 0. The van der Waals surface area contributed by atoms with Crippen LogP contribution in [0.3, 0.4) is 0 Å². The van der Waals surface area contributed by atoms with Gasteiger partial charge in [-0.3, -0.25) is 14.4 Å². The van der Waals surface area contributed by atoms with Gasteiger partial charge in [0.1, 0.15) is 0 Å². The van der Waals surface area contributed by atoms with Gasteiger partial charge in [-0.1, -0.05) is 30.3 Å². The van der Waals surface area contributed by atoms with Crippen LogP contribution in [0.2, 0.25) is 0 Å². The Morgan fingerprint density at radius 1 is 1.08 bits per heavy atom. The van der Waals surface area contributed by atoms with Crippen LogP contribution in [-0.2, 0) is 4.79 Å². The molecule has 0 radical (unpaired) electrons. The first-order valence-electron chi connectivity index (χ1n) is 7.07. The summed E-state index contributed by atoms with van der Waals surface area (Å²) in [4.78, 5) is 42.1. The second-order valence-corrected chi connectivity index (χ2v) is 4.85. The van der Waals surface area contributed by atoms with Crippen LogP contribution in [-0.4, -0.2) is 27.9 Å². The first kappa shape index (κ1) is 15.3. The maximum absolute atomic E-state index is 12.1. The molecule has 1 heterocycles. The van der Waals surface area contributed by atoms with Crippen LogP contribution in [0.1, 0.15) is 16.1 Å². The van der Waals surface area contributed by atoms with E-state index < -0.39 is 11.5 Å². The smallest absolute Gasteiger partial charge is 0.276 e. The molecular weight excluding hydrogens is 308 g/mol. The van der Waals surface area contributed by atoms with Crippen LogP contribution in [0.4, 0.5) is 0 Å². The minimum Gasteiger partial charge on any atom is -0.319 e. The molecule has 0 saturated heterocycles. The zero-order valence-electron chi connectivity index (χ0n) is 12.4. The predicted octanol–water partition coefficient (Wildman–Crippen LogP) is 1.26. The Hall–Kier alpha value is -3.61. The SMILES string of the molecule is O=C/C(=N\NC(=O)c1ccccc1)c1nc2ccccc2[nH]c1=O. The molecule has 1 amide bonds. The lowest BCUT2D eigenvalue weighted by molar-refractivity contribution is -0.102. The molecular formula is C17H12N4O3. The van der Waals surface area contributed by atoms with Crippen molar-refractivity contribution in [3.63, 3.8) is 0 Å². The summed E-state index contributed by atoms with van der Waals surface area (Å²) < 4.78 is 0. The molecule has 0 aliphatic rings. The second-order valence-electron chi connectivity index (χ2n) is 4.85. The van der Waals surface area contributed by atoms with E-state index in [0.717, 1.165) is 0 Å². The van der Waals surface area contributed by atoms with Gasteiger partial charge in [0.15, 0.2) is 17.7 Å². The minimum absolute atomic E-state index is 0.155. The summed E-state index contributed by atoms with van der Waals surface area (Å²) in [7, 11) is 0. The molecule has 0 aliphatic heterocycles. The van der Waals surface area contributed by atoms with E-state index in [9.17, 15) is 14.4 Å². The predicted molar refractivity (Wildman–Crippen MR) is 88.9 cm³/mol. The molecule has 0 spiro atoms. The normalized spacial score (nSPS) is 11.2. The van der Waals surface area contributed by atoms with E-state index in [2.05, 4.69) is 20.5 Å². The Bertz CT molecular complexity index is 993. The molecule has 0 saturated carbocycles. The number of aromatic nitrogens is 2. The van der Waals surface area contributed by atoms with Crippen LogP contribution >= 0.6 is 0 Å². The molecule has 0 unspecified atom stereocenters. The average Bonchev–Trinajstić information content (AvgIpc) is 2.63. The fraction of sp³-hybridized carbons (Fsp3) is 0. The highest BCUT2D eigenvalue weighted by molar-refractivity contribution is 6.35. The van der Waals surface area contributed by atoms with Crippen molar-refractivity contribution in [2.45, 2.75) is 0 Å². The summed E-state index contributed by atoms with van der Waals surface area (Å²) in [5.74, 6) is -0.493. The number of aromatic amines is 1. The van der Waals surface area contributed by atoms with Gasteiger partial charge in [-0.2, -0.15) is 5.10 Å². The molecule has 2 N–H and O–H groups in total. The summed E-state index contributed by atoms with van der Waals surface area (Å²) in [6, 6.07) is 15.3. The van der Waals surface area contributed by atoms with Crippen LogP contribution in [0, 0.1) is 0 Å². The van der Waals surface area contributed by atoms with Gasteiger partial charge < -0.3 is 4.98 Å². The summed E-state index contributed by atoms with van der Waals surface area (Å²) in [6.07, 6.45) is 0.373. The number of amides is 1. The van der Waals surface area contributed by atoms with Crippen molar-refractivity contribution in [1.82, 2.24) is 15.4 Å². The molecule has 2 aromatic carbocycles. The van der Waals surface area contributed by atoms with Crippen molar-refractivity contribution in [1.29, 1.82) is 0 Å². The van der Waals surface area contributed by atoms with Gasteiger partial charge in [0.25, 0.3) is 11.5 Å². The van der Waals surface area contributed by atoms with Crippen molar-refractivity contribution < 1.29 is 9.59 Å². The lowest BCUT2D eigenvalue weighted by Gasteiger charge is -2.03. The largest absolute Gasteiger partial charge is 0.319 e. The summed E-state index contributed by atoms with van der Waals surface area (Å²) in [5.41, 5.74) is 2.71. The van der Waals surface area contributed by atoms with Gasteiger partial charge >= 0.3 is 0 Å². The van der Waals surface area contributed by atoms with E-state index in [0.29, 0.717) is 22.9 Å². The number of hydrogen-bond donors (Lipinski definition) is 2. The van der Waals surface area contributed by atoms with Gasteiger partial charge in [-0.25, -0.2) is 10.4 Å². The van der Waals surface area contributed by atoms with Crippen LogP contribution in [0.5, 0.6) is 0 Å². The van der Waals surface area contributed by atoms with Gasteiger partial charge in [-0.05, 0) is 24.3 Å². The number of carbonyl (C=O) groups is 2. The Labute approximate surface area is 136 Å². The van der Waals surface area contributed by atoms with Gasteiger partial charge in [0.2, 0.25) is 0 Å². The van der Waals surface area contributed by atoms with Crippen LogP contribution < -0.4 is 11.0 Å². The minimum atomic E-state index is -0.562. The average molecular weight is 320 g/mol. The second kappa shape index (κ2) is 6.66. The molecule has 7 heteroatoms. The fourth-order valence-electron chi connectivity index (χ4n) is 2.10. The number of rotatable bonds is 4.